The van der Waals surface area contributed by atoms with Gasteiger partial charge in [0.1, 0.15) is 0 Å². The lowest BCUT2D eigenvalue weighted by Gasteiger charge is -2.32. The highest BCUT2D eigenvalue weighted by Crippen LogP contribution is 2.35. The number of para-hydroxylation sites is 1. The average Bonchev–Trinajstić information content (AvgIpc) is 2.99. The molecule has 3 aromatic rings. The molecular formula is C18H19N5O. The van der Waals surface area contributed by atoms with Crippen LogP contribution in [-0.4, -0.2) is 32.0 Å². The van der Waals surface area contributed by atoms with Crippen molar-refractivity contribution in [3.63, 3.8) is 0 Å². The standard InChI is InChI=1S/C18H19N5O/c1-11-8-9-22(15-7-5-4-6-14(11)15)17(24)16-20-18-19-12(2)10-13(3)23(18)21-16/h4-7,10-11H,8-9H2,1-3H3. The monoisotopic (exact) mass is 321 g/mol. The fourth-order valence-corrected chi connectivity index (χ4v) is 3.34. The lowest BCUT2D eigenvalue weighted by molar-refractivity contribution is 0.0974. The molecule has 2 aromatic heterocycles. The van der Waals surface area contributed by atoms with Crippen molar-refractivity contribution >= 4 is 17.4 Å². The highest BCUT2D eigenvalue weighted by Gasteiger charge is 2.29. The molecule has 1 aliphatic rings. The van der Waals surface area contributed by atoms with E-state index in [1.54, 1.807) is 9.42 Å². The van der Waals surface area contributed by atoms with Gasteiger partial charge in [0.05, 0.1) is 0 Å². The van der Waals surface area contributed by atoms with Crippen molar-refractivity contribution in [3.8, 4) is 0 Å². The summed E-state index contributed by atoms with van der Waals surface area (Å²) in [5.74, 6) is 0.942. The number of anilines is 1. The third-order valence-corrected chi connectivity index (χ3v) is 4.60. The second-order valence-corrected chi connectivity index (χ2v) is 6.39. The Hall–Kier alpha value is -2.76. The van der Waals surface area contributed by atoms with Gasteiger partial charge in [-0.3, -0.25) is 4.79 Å². The summed E-state index contributed by atoms with van der Waals surface area (Å²) >= 11 is 0. The summed E-state index contributed by atoms with van der Waals surface area (Å²) in [5.41, 5.74) is 3.94. The van der Waals surface area contributed by atoms with Gasteiger partial charge in [-0.1, -0.05) is 25.1 Å². The summed E-state index contributed by atoms with van der Waals surface area (Å²) in [5, 5.41) is 4.37. The van der Waals surface area contributed by atoms with E-state index in [9.17, 15) is 4.79 Å². The smallest absolute Gasteiger partial charge is 0.298 e. The van der Waals surface area contributed by atoms with Gasteiger partial charge in [-0.25, -0.2) is 9.50 Å². The van der Waals surface area contributed by atoms with Crippen LogP contribution in [0.4, 0.5) is 5.69 Å². The lowest BCUT2D eigenvalue weighted by Crippen LogP contribution is -2.37. The SMILES string of the molecule is Cc1cc(C)n2nc(C(=O)N3CCC(C)c4ccccc43)nc2n1. The largest absolute Gasteiger partial charge is 0.305 e. The fraction of sp³-hybridized carbons (Fsp3) is 0.333. The van der Waals surface area contributed by atoms with Crippen LogP contribution < -0.4 is 4.90 Å². The van der Waals surface area contributed by atoms with Gasteiger partial charge < -0.3 is 4.90 Å². The number of nitrogens with zero attached hydrogens (tertiary/aromatic N) is 5. The Morgan fingerprint density at radius 2 is 2.00 bits per heavy atom. The normalized spacial score (nSPS) is 17.1. The number of benzene rings is 1. The first-order valence-corrected chi connectivity index (χ1v) is 8.16. The molecule has 122 valence electrons. The summed E-state index contributed by atoms with van der Waals surface area (Å²) in [6.45, 7) is 6.71. The van der Waals surface area contributed by atoms with Gasteiger partial charge in [-0.2, -0.15) is 4.98 Å². The van der Waals surface area contributed by atoms with Gasteiger partial charge in [0.2, 0.25) is 5.82 Å². The van der Waals surface area contributed by atoms with Crippen molar-refractivity contribution < 1.29 is 4.79 Å². The minimum atomic E-state index is -0.170. The van der Waals surface area contributed by atoms with E-state index in [2.05, 4.69) is 28.1 Å². The predicted molar refractivity (Wildman–Crippen MR) is 91.4 cm³/mol. The maximum absolute atomic E-state index is 13.0. The Balaban J connectivity index is 1.77. The van der Waals surface area contributed by atoms with Gasteiger partial charge >= 0.3 is 0 Å². The molecule has 0 radical (unpaired) electrons. The Labute approximate surface area is 140 Å². The summed E-state index contributed by atoms with van der Waals surface area (Å²) in [6.07, 6.45) is 0.937. The molecule has 0 saturated carbocycles. The Morgan fingerprint density at radius 1 is 1.21 bits per heavy atom. The average molecular weight is 321 g/mol. The number of carbonyl (C=O) groups is 1. The van der Waals surface area contributed by atoms with E-state index in [4.69, 9.17) is 0 Å². The topological polar surface area (TPSA) is 63.4 Å². The molecule has 24 heavy (non-hydrogen) atoms. The van der Waals surface area contributed by atoms with E-state index in [1.165, 1.54) is 5.56 Å². The summed E-state index contributed by atoms with van der Waals surface area (Å²) in [4.78, 5) is 23.5. The maximum Gasteiger partial charge on any atom is 0.298 e. The molecule has 1 atom stereocenters. The molecule has 1 amide bonds. The lowest BCUT2D eigenvalue weighted by atomic mass is 9.91. The molecule has 0 N–H and O–H groups in total. The van der Waals surface area contributed by atoms with Crippen molar-refractivity contribution in [2.45, 2.75) is 33.1 Å². The molecule has 4 rings (SSSR count). The molecule has 0 fully saturated rings. The van der Waals surface area contributed by atoms with Crippen molar-refractivity contribution in [3.05, 3.63) is 53.1 Å². The van der Waals surface area contributed by atoms with Crippen molar-refractivity contribution in [1.82, 2.24) is 19.6 Å². The Kier molecular flexibility index (Phi) is 3.33. The number of amides is 1. The molecule has 3 heterocycles. The van der Waals surface area contributed by atoms with Crippen LogP contribution in [-0.2, 0) is 0 Å². The number of hydrogen-bond donors (Lipinski definition) is 0. The number of carbonyl (C=O) groups excluding carboxylic acids is 1. The summed E-state index contributed by atoms with van der Waals surface area (Å²) in [6, 6.07) is 9.98. The van der Waals surface area contributed by atoms with E-state index >= 15 is 0 Å². The van der Waals surface area contributed by atoms with Crippen LogP contribution >= 0.6 is 0 Å². The van der Waals surface area contributed by atoms with Gasteiger partial charge in [0, 0.05) is 23.6 Å². The zero-order valence-corrected chi connectivity index (χ0v) is 14.0. The maximum atomic E-state index is 13.0. The Morgan fingerprint density at radius 3 is 2.83 bits per heavy atom. The first kappa shape index (κ1) is 14.8. The fourth-order valence-electron chi connectivity index (χ4n) is 3.34. The van der Waals surface area contributed by atoms with Crippen molar-refractivity contribution in [1.29, 1.82) is 0 Å². The van der Waals surface area contributed by atoms with E-state index in [-0.39, 0.29) is 11.7 Å². The van der Waals surface area contributed by atoms with E-state index in [0.29, 0.717) is 18.2 Å². The number of aromatic nitrogens is 4. The van der Waals surface area contributed by atoms with Crippen LogP contribution in [0.5, 0.6) is 0 Å². The second-order valence-electron chi connectivity index (χ2n) is 6.39. The third kappa shape index (κ3) is 2.26. The van der Waals surface area contributed by atoms with Crippen LogP contribution in [0.1, 0.15) is 46.8 Å². The molecule has 0 saturated heterocycles. The number of rotatable bonds is 1. The van der Waals surface area contributed by atoms with Crippen molar-refractivity contribution in [2.75, 3.05) is 11.4 Å². The van der Waals surface area contributed by atoms with E-state index < -0.39 is 0 Å². The quantitative estimate of drug-likeness (QED) is 0.691. The number of hydrogen-bond acceptors (Lipinski definition) is 4. The van der Waals surface area contributed by atoms with Gasteiger partial charge in [-0.15, -0.1) is 5.10 Å². The molecule has 0 bridgehead atoms. The minimum absolute atomic E-state index is 0.170. The highest BCUT2D eigenvalue weighted by atomic mass is 16.2. The molecule has 1 aromatic carbocycles. The molecule has 6 nitrogen and oxygen atoms in total. The van der Waals surface area contributed by atoms with E-state index in [0.717, 1.165) is 23.5 Å². The Bertz CT molecular complexity index is 946. The molecule has 1 aliphatic heterocycles. The number of fused-ring (bicyclic) bond motifs is 2. The van der Waals surface area contributed by atoms with Crippen molar-refractivity contribution in [2.24, 2.45) is 0 Å². The highest BCUT2D eigenvalue weighted by molar-refractivity contribution is 6.04. The first-order valence-electron chi connectivity index (χ1n) is 8.16. The van der Waals surface area contributed by atoms with Crippen LogP contribution in [0.25, 0.3) is 5.78 Å². The molecular weight excluding hydrogens is 302 g/mol. The predicted octanol–water partition coefficient (Wildman–Crippen LogP) is 2.90. The summed E-state index contributed by atoms with van der Waals surface area (Å²) in [7, 11) is 0. The van der Waals surface area contributed by atoms with Gasteiger partial charge in [0.15, 0.2) is 0 Å². The van der Waals surface area contributed by atoms with Crippen LogP contribution in [0.3, 0.4) is 0 Å². The molecule has 0 spiro atoms. The minimum Gasteiger partial charge on any atom is -0.305 e. The van der Waals surface area contributed by atoms with Crippen LogP contribution in [0.15, 0.2) is 30.3 Å². The van der Waals surface area contributed by atoms with Gasteiger partial charge in [-0.05, 0) is 43.9 Å². The zero-order valence-electron chi connectivity index (χ0n) is 14.0. The number of aryl methyl sites for hydroxylation is 2. The molecule has 6 heteroatoms. The van der Waals surface area contributed by atoms with E-state index in [1.807, 2.05) is 38.1 Å². The van der Waals surface area contributed by atoms with Crippen LogP contribution in [0.2, 0.25) is 0 Å². The van der Waals surface area contributed by atoms with Gasteiger partial charge in [0.25, 0.3) is 11.7 Å². The molecule has 0 aliphatic carbocycles. The summed E-state index contributed by atoms with van der Waals surface area (Å²) < 4.78 is 1.62. The zero-order chi connectivity index (χ0) is 16.8. The first-order chi connectivity index (χ1) is 11.5. The second kappa shape index (κ2) is 5.40. The van der Waals surface area contributed by atoms with Crippen LogP contribution in [0, 0.1) is 13.8 Å². The molecule has 1 unspecified atom stereocenters. The third-order valence-electron chi connectivity index (χ3n) is 4.60.